The first kappa shape index (κ1) is 23.7. The summed E-state index contributed by atoms with van der Waals surface area (Å²) in [6.45, 7) is 1.90. The van der Waals surface area contributed by atoms with Gasteiger partial charge in [0.1, 0.15) is 6.04 Å². The van der Waals surface area contributed by atoms with E-state index in [4.69, 9.17) is 11.6 Å². The molecule has 1 atom stereocenters. The number of amides is 2. The number of benzene rings is 2. The van der Waals surface area contributed by atoms with Crippen LogP contribution in [0.1, 0.15) is 50.2 Å². The van der Waals surface area contributed by atoms with Crippen molar-refractivity contribution < 1.29 is 14.5 Å². The summed E-state index contributed by atoms with van der Waals surface area (Å²) < 4.78 is 0. The number of nitrogens with one attached hydrogen (secondary N) is 1. The van der Waals surface area contributed by atoms with Crippen LogP contribution in [-0.2, 0) is 22.6 Å². The molecule has 1 aliphatic rings. The van der Waals surface area contributed by atoms with Gasteiger partial charge in [-0.3, -0.25) is 19.7 Å². The second-order valence-corrected chi connectivity index (χ2v) is 8.67. The number of hydrogen-bond donors (Lipinski definition) is 1. The third kappa shape index (κ3) is 6.29. The van der Waals surface area contributed by atoms with E-state index in [-0.39, 0.29) is 36.5 Å². The van der Waals surface area contributed by atoms with E-state index in [1.54, 1.807) is 49.4 Å². The zero-order chi connectivity index (χ0) is 23.1. The fraction of sp³-hybridized carbons (Fsp3) is 0.417. The number of nitro groups is 1. The summed E-state index contributed by atoms with van der Waals surface area (Å²) >= 11 is 5.98. The second-order valence-electron chi connectivity index (χ2n) is 8.23. The van der Waals surface area contributed by atoms with Gasteiger partial charge in [0.25, 0.3) is 5.69 Å². The molecule has 0 bridgehead atoms. The molecule has 1 N–H and O–H groups in total. The largest absolute Gasteiger partial charge is 0.352 e. The minimum absolute atomic E-state index is 0.105. The minimum Gasteiger partial charge on any atom is -0.352 e. The van der Waals surface area contributed by atoms with Crippen molar-refractivity contribution in [2.75, 3.05) is 0 Å². The third-order valence-corrected chi connectivity index (χ3v) is 6.17. The van der Waals surface area contributed by atoms with E-state index in [9.17, 15) is 19.7 Å². The Morgan fingerprint density at radius 1 is 1.12 bits per heavy atom. The lowest BCUT2D eigenvalue weighted by Crippen LogP contribution is -2.50. The number of carbonyl (C=O) groups excluding carboxylic acids is 2. The summed E-state index contributed by atoms with van der Waals surface area (Å²) in [5.41, 5.74) is 1.04. The lowest BCUT2D eigenvalue weighted by Gasteiger charge is -2.31. The Kier molecular flexibility index (Phi) is 8.22. The molecular formula is C24H28ClN3O4. The molecule has 0 aliphatic heterocycles. The van der Waals surface area contributed by atoms with E-state index in [1.165, 1.54) is 17.4 Å². The first-order chi connectivity index (χ1) is 15.3. The van der Waals surface area contributed by atoms with Crippen LogP contribution in [0, 0.1) is 10.1 Å². The summed E-state index contributed by atoms with van der Waals surface area (Å²) in [5, 5.41) is 15.0. The number of carbonyl (C=O) groups is 2. The number of rotatable bonds is 8. The van der Waals surface area contributed by atoms with Crippen LogP contribution < -0.4 is 5.32 Å². The molecule has 0 saturated heterocycles. The summed E-state index contributed by atoms with van der Waals surface area (Å²) in [7, 11) is 0. The van der Waals surface area contributed by atoms with Crippen molar-refractivity contribution in [3.63, 3.8) is 0 Å². The highest BCUT2D eigenvalue weighted by atomic mass is 35.5. The average molecular weight is 458 g/mol. The topological polar surface area (TPSA) is 92.6 Å². The number of hydrogen-bond acceptors (Lipinski definition) is 4. The molecule has 7 nitrogen and oxygen atoms in total. The molecule has 1 unspecified atom stereocenters. The highest BCUT2D eigenvalue weighted by Crippen LogP contribution is 2.22. The van der Waals surface area contributed by atoms with Crippen molar-refractivity contribution in [3.8, 4) is 0 Å². The molecular weight excluding hydrogens is 430 g/mol. The minimum atomic E-state index is -0.720. The number of halogens is 1. The molecule has 0 aromatic heterocycles. The second kappa shape index (κ2) is 11.1. The Bertz CT molecular complexity index is 958. The summed E-state index contributed by atoms with van der Waals surface area (Å²) in [4.78, 5) is 38.6. The zero-order valence-electron chi connectivity index (χ0n) is 18.1. The predicted molar refractivity (Wildman–Crippen MR) is 123 cm³/mol. The van der Waals surface area contributed by atoms with Gasteiger partial charge in [-0.25, -0.2) is 0 Å². The van der Waals surface area contributed by atoms with Crippen LogP contribution in [0.25, 0.3) is 0 Å². The van der Waals surface area contributed by atoms with E-state index in [0.717, 1.165) is 31.2 Å². The van der Waals surface area contributed by atoms with Crippen LogP contribution in [0.15, 0.2) is 48.5 Å². The van der Waals surface area contributed by atoms with E-state index in [1.807, 2.05) is 0 Å². The Morgan fingerprint density at radius 2 is 1.78 bits per heavy atom. The quantitative estimate of drug-likeness (QED) is 0.461. The normalized spacial score (nSPS) is 15.1. The zero-order valence-corrected chi connectivity index (χ0v) is 18.9. The molecule has 1 aliphatic carbocycles. The first-order valence-electron chi connectivity index (χ1n) is 10.9. The van der Waals surface area contributed by atoms with Gasteiger partial charge in [0.05, 0.1) is 11.3 Å². The first-order valence-corrected chi connectivity index (χ1v) is 11.3. The third-order valence-electron chi connectivity index (χ3n) is 5.92. The van der Waals surface area contributed by atoms with Gasteiger partial charge in [-0.05, 0) is 37.5 Å². The maximum Gasteiger partial charge on any atom is 0.273 e. The fourth-order valence-corrected chi connectivity index (χ4v) is 4.17. The van der Waals surface area contributed by atoms with Crippen LogP contribution in [0.2, 0.25) is 5.02 Å². The van der Waals surface area contributed by atoms with Gasteiger partial charge in [0.2, 0.25) is 11.8 Å². The van der Waals surface area contributed by atoms with Gasteiger partial charge in [-0.2, -0.15) is 0 Å². The summed E-state index contributed by atoms with van der Waals surface area (Å²) in [6, 6.07) is 12.7. The van der Waals surface area contributed by atoms with E-state index in [2.05, 4.69) is 5.32 Å². The van der Waals surface area contributed by atoms with Gasteiger partial charge >= 0.3 is 0 Å². The molecule has 0 radical (unpaired) electrons. The van der Waals surface area contributed by atoms with Gasteiger partial charge in [-0.1, -0.05) is 61.2 Å². The molecule has 2 amide bonds. The van der Waals surface area contributed by atoms with E-state index >= 15 is 0 Å². The molecule has 2 aromatic rings. The summed E-state index contributed by atoms with van der Waals surface area (Å²) in [6.07, 6.45) is 5.08. The van der Waals surface area contributed by atoms with Crippen molar-refractivity contribution in [1.82, 2.24) is 10.2 Å². The molecule has 8 heteroatoms. The fourth-order valence-electron chi connectivity index (χ4n) is 4.04. The maximum absolute atomic E-state index is 13.3. The molecule has 170 valence electrons. The number of nitro benzene ring substituents is 1. The smallest absolute Gasteiger partial charge is 0.273 e. The van der Waals surface area contributed by atoms with E-state index in [0.29, 0.717) is 10.6 Å². The SMILES string of the molecule is CC(C(=O)NC1CCCCC1)N(Cc1ccc(Cl)cc1)C(=O)Cc1ccccc1[N+](=O)[O-]. The van der Waals surface area contributed by atoms with Crippen LogP contribution in [0.3, 0.4) is 0 Å². The molecule has 1 fully saturated rings. The van der Waals surface area contributed by atoms with E-state index < -0.39 is 11.0 Å². The van der Waals surface area contributed by atoms with Crippen LogP contribution in [0.4, 0.5) is 5.69 Å². The van der Waals surface area contributed by atoms with Crippen LogP contribution in [0.5, 0.6) is 0 Å². The molecule has 1 saturated carbocycles. The lowest BCUT2D eigenvalue weighted by molar-refractivity contribution is -0.385. The monoisotopic (exact) mass is 457 g/mol. The van der Waals surface area contributed by atoms with Crippen LogP contribution in [-0.4, -0.2) is 33.7 Å². The molecule has 0 heterocycles. The van der Waals surface area contributed by atoms with Crippen molar-refractivity contribution >= 4 is 29.1 Å². The molecule has 2 aromatic carbocycles. The molecule has 0 spiro atoms. The Hall–Kier alpha value is -2.93. The van der Waals surface area contributed by atoms with Crippen molar-refractivity contribution in [1.29, 1.82) is 0 Å². The summed E-state index contributed by atoms with van der Waals surface area (Å²) in [5.74, 6) is -0.553. The highest BCUT2D eigenvalue weighted by Gasteiger charge is 2.29. The highest BCUT2D eigenvalue weighted by molar-refractivity contribution is 6.30. The van der Waals surface area contributed by atoms with Gasteiger partial charge in [-0.15, -0.1) is 0 Å². The maximum atomic E-state index is 13.3. The van der Waals surface area contributed by atoms with Crippen molar-refractivity contribution in [2.45, 2.75) is 64.1 Å². The standard InChI is InChI=1S/C24H28ClN3O4/c1-17(24(30)26-21-8-3-2-4-9-21)27(16-18-11-13-20(25)14-12-18)23(29)15-19-7-5-6-10-22(19)28(31)32/h5-7,10-14,17,21H,2-4,8-9,15-16H2,1H3,(H,26,30). The number of para-hydroxylation sites is 1. The van der Waals surface area contributed by atoms with Crippen molar-refractivity contribution in [2.24, 2.45) is 0 Å². The Morgan fingerprint density at radius 3 is 2.44 bits per heavy atom. The molecule has 32 heavy (non-hydrogen) atoms. The Balaban J connectivity index is 1.80. The van der Waals surface area contributed by atoms with Crippen LogP contribution >= 0.6 is 11.6 Å². The van der Waals surface area contributed by atoms with Gasteiger partial charge in [0, 0.05) is 29.2 Å². The van der Waals surface area contributed by atoms with Gasteiger partial charge < -0.3 is 10.2 Å². The predicted octanol–water partition coefficient (Wildman–Crippen LogP) is 4.66. The lowest BCUT2D eigenvalue weighted by atomic mass is 9.95. The molecule has 3 rings (SSSR count). The van der Waals surface area contributed by atoms with Crippen molar-refractivity contribution in [3.05, 3.63) is 74.8 Å². The average Bonchev–Trinajstić information content (AvgIpc) is 2.79. The number of nitrogens with zero attached hydrogens (tertiary/aromatic N) is 2. The Labute approximate surface area is 192 Å². The van der Waals surface area contributed by atoms with Gasteiger partial charge in [0.15, 0.2) is 0 Å².